The molecule has 4 heteroatoms. The molecule has 1 fully saturated rings. The summed E-state index contributed by atoms with van der Waals surface area (Å²) in [5.41, 5.74) is 1.35. The zero-order chi connectivity index (χ0) is 12.3. The number of nitrogens with zero attached hydrogens (tertiary/aromatic N) is 3. The molecule has 17 heavy (non-hydrogen) atoms. The zero-order valence-electron chi connectivity index (χ0n) is 11.2. The fourth-order valence-corrected chi connectivity index (χ4v) is 2.49. The van der Waals surface area contributed by atoms with Crippen molar-refractivity contribution in [2.45, 2.75) is 31.7 Å². The van der Waals surface area contributed by atoms with Gasteiger partial charge in [0.25, 0.3) is 0 Å². The molecular formula is C13H24N4. The second kappa shape index (κ2) is 5.65. The molecule has 0 saturated carbocycles. The third-order valence-corrected chi connectivity index (χ3v) is 3.76. The van der Waals surface area contributed by atoms with Crippen LogP contribution in [-0.4, -0.2) is 48.4 Å². The summed E-state index contributed by atoms with van der Waals surface area (Å²) in [5, 5.41) is 7.76. The minimum atomic E-state index is 0.542. The second-order valence-corrected chi connectivity index (χ2v) is 5.25. The van der Waals surface area contributed by atoms with E-state index in [0.717, 1.165) is 6.54 Å². The van der Waals surface area contributed by atoms with Crippen LogP contribution >= 0.6 is 0 Å². The lowest BCUT2D eigenvalue weighted by atomic mass is 10.0. The number of aromatic nitrogens is 2. The fourth-order valence-electron chi connectivity index (χ4n) is 2.49. The van der Waals surface area contributed by atoms with Gasteiger partial charge in [-0.25, -0.2) is 0 Å². The van der Waals surface area contributed by atoms with Crippen LogP contribution in [0.3, 0.4) is 0 Å². The van der Waals surface area contributed by atoms with Crippen molar-refractivity contribution in [2.24, 2.45) is 0 Å². The minimum Gasteiger partial charge on any atom is -0.319 e. The van der Waals surface area contributed by atoms with Crippen LogP contribution in [0.4, 0.5) is 0 Å². The van der Waals surface area contributed by atoms with Gasteiger partial charge in [0.05, 0.1) is 12.2 Å². The number of likely N-dealkylation sites (N-methyl/N-ethyl adjacent to an activating group) is 1. The predicted molar refractivity (Wildman–Crippen MR) is 70.3 cm³/mol. The Labute approximate surface area is 104 Å². The molecule has 2 rings (SSSR count). The van der Waals surface area contributed by atoms with Gasteiger partial charge in [-0.15, -0.1) is 0 Å². The normalized spacial score (nSPS) is 20.6. The van der Waals surface area contributed by atoms with Crippen LogP contribution < -0.4 is 5.32 Å². The van der Waals surface area contributed by atoms with Gasteiger partial charge in [-0.1, -0.05) is 6.92 Å². The third-order valence-electron chi connectivity index (χ3n) is 3.76. The first kappa shape index (κ1) is 12.6. The third kappa shape index (κ3) is 3.07. The summed E-state index contributed by atoms with van der Waals surface area (Å²) in [6, 6.07) is 0.599. The standard InChI is InChI=1S/C13H24N4/c1-11(8-14-2)12-9-15-17(10-12)13-4-6-16(3)7-5-13/h9-11,13-14H,4-8H2,1-3H3. The monoisotopic (exact) mass is 236 g/mol. The Kier molecular flexibility index (Phi) is 4.18. The molecule has 0 bridgehead atoms. The van der Waals surface area contributed by atoms with E-state index >= 15 is 0 Å². The Morgan fingerprint density at radius 2 is 2.18 bits per heavy atom. The van der Waals surface area contributed by atoms with Gasteiger partial charge < -0.3 is 10.2 Å². The molecule has 4 nitrogen and oxygen atoms in total. The number of likely N-dealkylation sites (tertiary alicyclic amines) is 1. The highest BCUT2D eigenvalue weighted by Crippen LogP contribution is 2.23. The molecule has 1 aliphatic rings. The van der Waals surface area contributed by atoms with E-state index in [-0.39, 0.29) is 0 Å². The largest absolute Gasteiger partial charge is 0.319 e. The van der Waals surface area contributed by atoms with Gasteiger partial charge in [0.15, 0.2) is 0 Å². The lowest BCUT2D eigenvalue weighted by molar-refractivity contribution is 0.212. The maximum absolute atomic E-state index is 4.54. The number of piperidine rings is 1. The Balaban J connectivity index is 1.98. The van der Waals surface area contributed by atoms with Crippen molar-refractivity contribution in [3.05, 3.63) is 18.0 Å². The molecule has 1 saturated heterocycles. The van der Waals surface area contributed by atoms with Gasteiger partial charge in [-0.05, 0) is 51.5 Å². The maximum Gasteiger partial charge on any atom is 0.0543 e. The van der Waals surface area contributed by atoms with Crippen molar-refractivity contribution in [3.8, 4) is 0 Å². The molecule has 1 N–H and O–H groups in total. The summed E-state index contributed by atoms with van der Waals surface area (Å²) in [4.78, 5) is 2.39. The molecule has 2 heterocycles. The second-order valence-electron chi connectivity index (χ2n) is 5.25. The Hall–Kier alpha value is -0.870. The van der Waals surface area contributed by atoms with Crippen LogP contribution in [0.25, 0.3) is 0 Å². The van der Waals surface area contributed by atoms with Gasteiger partial charge in [0, 0.05) is 12.7 Å². The van der Waals surface area contributed by atoms with Crippen LogP contribution in [0.1, 0.15) is 37.3 Å². The topological polar surface area (TPSA) is 33.1 Å². The summed E-state index contributed by atoms with van der Waals surface area (Å²) in [7, 11) is 4.19. The quantitative estimate of drug-likeness (QED) is 0.859. The van der Waals surface area contributed by atoms with E-state index in [9.17, 15) is 0 Å². The van der Waals surface area contributed by atoms with Gasteiger partial charge in [-0.2, -0.15) is 5.10 Å². The summed E-state index contributed by atoms with van der Waals surface area (Å²) >= 11 is 0. The van der Waals surface area contributed by atoms with Crippen molar-refractivity contribution < 1.29 is 0 Å². The number of rotatable bonds is 4. The van der Waals surface area contributed by atoms with Crippen molar-refractivity contribution in [2.75, 3.05) is 33.7 Å². The summed E-state index contributed by atoms with van der Waals surface area (Å²) in [6.45, 7) is 5.63. The highest BCUT2D eigenvalue weighted by Gasteiger charge is 2.19. The number of hydrogen-bond donors (Lipinski definition) is 1. The Morgan fingerprint density at radius 1 is 1.47 bits per heavy atom. The first-order valence-electron chi connectivity index (χ1n) is 6.58. The molecule has 0 radical (unpaired) electrons. The maximum atomic E-state index is 4.54. The van der Waals surface area contributed by atoms with Gasteiger partial charge in [0.1, 0.15) is 0 Å². The highest BCUT2D eigenvalue weighted by atomic mass is 15.3. The Bertz CT molecular complexity index is 339. The molecule has 0 aliphatic carbocycles. The zero-order valence-corrected chi connectivity index (χ0v) is 11.2. The lowest BCUT2D eigenvalue weighted by Crippen LogP contribution is -2.31. The number of nitrogens with one attached hydrogen (secondary N) is 1. The van der Waals surface area contributed by atoms with Gasteiger partial charge >= 0.3 is 0 Å². The van der Waals surface area contributed by atoms with Crippen LogP contribution in [0.2, 0.25) is 0 Å². The molecular weight excluding hydrogens is 212 g/mol. The van der Waals surface area contributed by atoms with Crippen LogP contribution in [-0.2, 0) is 0 Å². The average molecular weight is 236 g/mol. The summed E-state index contributed by atoms with van der Waals surface area (Å²) < 4.78 is 2.18. The molecule has 96 valence electrons. The SMILES string of the molecule is CNCC(C)c1cnn(C2CCN(C)CC2)c1. The van der Waals surface area contributed by atoms with E-state index in [1.807, 2.05) is 13.2 Å². The van der Waals surface area contributed by atoms with Crippen LogP contribution in [0, 0.1) is 0 Å². The molecule has 1 unspecified atom stereocenters. The molecule has 1 atom stereocenters. The lowest BCUT2D eigenvalue weighted by Gasteiger charge is -2.29. The Morgan fingerprint density at radius 3 is 2.82 bits per heavy atom. The molecule has 0 spiro atoms. The first-order chi connectivity index (χ1) is 8.20. The minimum absolute atomic E-state index is 0.542. The predicted octanol–water partition coefficient (Wildman–Crippen LogP) is 1.47. The molecule has 1 aromatic rings. The van der Waals surface area contributed by atoms with E-state index in [2.05, 4.69) is 40.2 Å². The van der Waals surface area contributed by atoms with Crippen molar-refractivity contribution in [1.29, 1.82) is 0 Å². The van der Waals surface area contributed by atoms with Crippen molar-refractivity contribution >= 4 is 0 Å². The molecule has 0 amide bonds. The van der Waals surface area contributed by atoms with Gasteiger partial charge in [0.2, 0.25) is 0 Å². The average Bonchev–Trinajstić information content (AvgIpc) is 2.80. The van der Waals surface area contributed by atoms with Crippen LogP contribution in [0.5, 0.6) is 0 Å². The van der Waals surface area contributed by atoms with Gasteiger partial charge in [-0.3, -0.25) is 4.68 Å². The molecule has 1 aromatic heterocycles. The van der Waals surface area contributed by atoms with E-state index in [0.29, 0.717) is 12.0 Å². The van der Waals surface area contributed by atoms with E-state index in [1.54, 1.807) is 0 Å². The molecule has 0 aromatic carbocycles. The summed E-state index contributed by atoms with van der Waals surface area (Å²) in [5.74, 6) is 0.542. The summed E-state index contributed by atoms with van der Waals surface area (Å²) in [6.07, 6.45) is 6.70. The fraction of sp³-hybridized carbons (Fsp3) is 0.769. The number of hydrogen-bond acceptors (Lipinski definition) is 3. The smallest absolute Gasteiger partial charge is 0.0543 e. The van der Waals surface area contributed by atoms with Crippen molar-refractivity contribution in [1.82, 2.24) is 20.0 Å². The first-order valence-corrected chi connectivity index (χ1v) is 6.58. The van der Waals surface area contributed by atoms with E-state index in [4.69, 9.17) is 0 Å². The molecule has 1 aliphatic heterocycles. The van der Waals surface area contributed by atoms with E-state index in [1.165, 1.54) is 31.5 Å². The van der Waals surface area contributed by atoms with Crippen molar-refractivity contribution in [3.63, 3.8) is 0 Å². The van der Waals surface area contributed by atoms with E-state index < -0.39 is 0 Å². The van der Waals surface area contributed by atoms with Crippen LogP contribution in [0.15, 0.2) is 12.4 Å². The highest BCUT2D eigenvalue weighted by molar-refractivity contribution is 5.11.